The minimum atomic E-state index is -0.258. The molecule has 0 fully saturated rings. The Morgan fingerprint density at radius 1 is 1.05 bits per heavy atom. The molecule has 0 saturated heterocycles. The molecule has 0 radical (unpaired) electrons. The third kappa shape index (κ3) is 2.55. The van der Waals surface area contributed by atoms with Crippen LogP contribution in [-0.4, -0.2) is 19.1 Å². The van der Waals surface area contributed by atoms with Crippen molar-refractivity contribution in [3.8, 4) is 0 Å². The lowest BCUT2D eigenvalue weighted by Gasteiger charge is -2.10. The van der Waals surface area contributed by atoms with E-state index in [-0.39, 0.29) is 11.2 Å². The summed E-state index contributed by atoms with van der Waals surface area (Å²) in [6.45, 7) is 6.98. The number of H-pyrrole nitrogens is 1. The molecule has 0 saturated carbocycles. The highest BCUT2D eigenvalue weighted by atomic mass is 16.2. The molecule has 0 bridgehead atoms. The van der Waals surface area contributed by atoms with Gasteiger partial charge in [-0.1, -0.05) is 26.7 Å². The smallest absolute Gasteiger partial charge is 0.332 e. The van der Waals surface area contributed by atoms with Gasteiger partial charge in [0, 0.05) is 13.1 Å². The summed E-state index contributed by atoms with van der Waals surface area (Å²) < 4.78 is 2.96. The maximum atomic E-state index is 12.5. The number of nitrogens with one attached hydrogen (secondary N) is 1. The standard InChI is InChI=1S/C14H22N4O2/c1-4-6-8-17-12-11(15-10(3)16-12)13(19)18(14(17)20)9-7-5-2/h4-9H2,1-3H3,(H,15,16). The number of aryl methyl sites for hydroxylation is 2. The van der Waals surface area contributed by atoms with E-state index in [2.05, 4.69) is 16.9 Å². The number of fused-ring (bicyclic) bond motifs is 1. The predicted molar refractivity (Wildman–Crippen MR) is 79.2 cm³/mol. The highest BCUT2D eigenvalue weighted by Crippen LogP contribution is 2.06. The summed E-state index contributed by atoms with van der Waals surface area (Å²) in [4.78, 5) is 32.2. The number of nitrogens with zero attached hydrogens (tertiary/aromatic N) is 3. The molecule has 110 valence electrons. The van der Waals surface area contributed by atoms with Gasteiger partial charge >= 0.3 is 5.69 Å². The van der Waals surface area contributed by atoms with E-state index in [4.69, 9.17) is 0 Å². The first kappa shape index (κ1) is 14.6. The van der Waals surface area contributed by atoms with Crippen molar-refractivity contribution in [2.45, 2.75) is 59.5 Å². The molecule has 6 heteroatoms. The summed E-state index contributed by atoms with van der Waals surface area (Å²) in [6, 6.07) is 0. The minimum absolute atomic E-state index is 0.240. The third-order valence-electron chi connectivity index (χ3n) is 3.45. The fourth-order valence-electron chi connectivity index (χ4n) is 2.31. The van der Waals surface area contributed by atoms with Gasteiger partial charge in [-0.3, -0.25) is 13.9 Å². The van der Waals surface area contributed by atoms with Crippen molar-refractivity contribution >= 4 is 11.2 Å². The molecule has 0 aliphatic heterocycles. The fraction of sp³-hybridized carbons (Fsp3) is 0.643. The minimum Gasteiger partial charge on any atom is -0.336 e. The zero-order chi connectivity index (χ0) is 14.7. The van der Waals surface area contributed by atoms with E-state index in [9.17, 15) is 9.59 Å². The van der Waals surface area contributed by atoms with E-state index in [0.717, 1.165) is 25.7 Å². The molecule has 0 spiro atoms. The van der Waals surface area contributed by atoms with Crippen LogP contribution in [0.2, 0.25) is 0 Å². The van der Waals surface area contributed by atoms with Gasteiger partial charge in [-0.25, -0.2) is 9.78 Å². The SMILES string of the molecule is CCCCn1c(=O)c2[nH]c(C)nc2n(CCCC)c1=O. The summed E-state index contributed by atoms with van der Waals surface area (Å²) in [5.41, 5.74) is 0.427. The highest BCUT2D eigenvalue weighted by molar-refractivity contribution is 5.69. The number of hydrogen-bond donors (Lipinski definition) is 1. The van der Waals surface area contributed by atoms with Crippen LogP contribution in [0.15, 0.2) is 9.59 Å². The Morgan fingerprint density at radius 3 is 2.25 bits per heavy atom. The largest absolute Gasteiger partial charge is 0.336 e. The van der Waals surface area contributed by atoms with Crippen LogP contribution in [-0.2, 0) is 13.1 Å². The van der Waals surface area contributed by atoms with E-state index in [1.54, 1.807) is 11.5 Å². The van der Waals surface area contributed by atoms with Crippen molar-refractivity contribution in [1.82, 2.24) is 19.1 Å². The summed E-state index contributed by atoms with van der Waals surface area (Å²) in [5.74, 6) is 0.662. The molecule has 0 atom stereocenters. The topological polar surface area (TPSA) is 72.7 Å². The van der Waals surface area contributed by atoms with Gasteiger partial charge in [-0.15, -0.1) is 0 Å². The molecule has 20 heavy (non-hydrogen) atoms. The van der Waals surface area contributed by atoms with E-state index in [1.807, 2.05) is 6.92 Å². The van der Waals surface area contributed by atoms with Crippen LogP contribution in [0.1, 0.15) is 45.4 Å². The van der Waals surface area contributed by atoms with Crippen LogP contribution >= 0.6 is 0 Å². The Bertz CT molecular complexity index is 708. The van der Waals surface area contributed by atoms with Gasteiger partial charge < -0.3 is 4.98 Å². The Hall–Kier alpha value is -1.85. The van der Waals surface area contributed by atoms with Crippen molar-refractivity contribution < 1.29 is 0 Å². The maximum absolute atomic E-state index is 12.5. The summed E-state index contributed by atoms with van der Waals surface area (Å²) in [5, 5.41) is 0. The van der Waals surface area contributed by atoms with E-state index >= 15 is 0 Å². The maximum Gasteiger partial charge on any atom is 0.332 e. The molecule has 2 aromatic rings. The Labute approximate surface area is 117 Å². The second kappa shape index (κ2) is 6.07. The first-order valence-electron chi connectivity index (χ1n) is 7.30. The van der Waals surface area contributed by atoms with Gasteiger partial charge in [0.2, 0.25) is 0 Å². The molecule has 0 amide bonds. The van der Waals surface area contributed by atoms with Crippen LogP contribution in [0, 0.1) is 6.92 Å². The average molecular weight is 278 g/mol. The van der Waals surface area contributed by atoms with Crippen LogP contribution in [0.25, 0.3) is 11.2 Å². The lowest BCUT2D eigenvalue weighted by Crippen LogP contribution is -2.40. The lowest BCUT2D eigenvalue weighted by atomic mass is 10.3. The number of rotatable bonds is 6. The Balaban J connectivity index is 2.67. The first-order chi connectivity index (χ1) is 9.60. The summed E-state index contributed by atoms with van der Waals surface area (Å²) in [6.07, 6.45) is 3.65. The van der Waals surface area contributed by atoms with Gasteiger partial charge in [-0.05, 0) is 19.8 Å². The average Bonchev–Trinajstić information content (AvgIpc) is 2.81. The molecule has 6 nitrogen and oxygen atoms in total. The predicted octanol–water partition coefficient (Wildman–Crippen LogP) is 1.79. The van der Waals surface area contributed by atoms with Crippen LogP contribution in [0.4, 0.5) is 0 Å². The molecular weight excluding hydrogens is 256 g/mol. The number of imidazole rings is 1. The number of hydrogen-bond acceptors (Lipinski definition) is 3. The van der Waals surface area contributed by atoms with Crippen molar-refractivity contribution in [2.75, 3.05) is 0 Å². The number of unbranched alkanes of at least 4 members (excludes halogenated alkanes) is 2. The Morgan fingerprint density at radius 2 is 1.65 bits per heavy atom. The normalized spacial score (nSPS) is 11.3. The van der Waals surface area contributed by atoms with Crippen LogP contribution in [0.5, 0.6) is 0 Å². The van der Waals surface area contributed by atoms with Crippen molar-refractivity contribution in [3.05, 3.63) is 26.7 Å². The first-order valence-corrected chi connectivity index (χ1v) is 7.30. The molecule has 2 rings (SSSR count). The highest BCUT2D eigenvalue weighted by Gasteiger charge is 2.15. The monoisotopic (exact) mass is 278 g/mol. The second-order valence-electron chi connectivity index (χ2n) is 5.12. The lowest BCUT2D eigenvalue weighted by molar-refractivity contribution is 0.530. The van der Waals surface area contributed by atoms with Crippen molar-refractivity contribution in [1.29, 1.82) is 0 Å². The summed E-state index contributed by atoms with van der Waals surface area (Å²) >= 11 is 0. The molecule has 2 heterocycles. The van der Waals surface area contributed by atoms with Gasteiger partial charge in [0.15, 0.2) is 5.65 Å². The van der Waals surface area contributed by atoms with Crippen molar-refractivity contribution in [3.63, 3.8) is 0 Å². The molecule has 0 unspecified atom stereocenters. The molecule has 2 aromatic heterocycles. The van der Waals surface area contributed by atoms with Gasteiger partial charge in [-0.2, -0.15) is 0 Å². The van der Waals surface area contributed by atoms with Crippen molar-refractivity contribution in [2.24, 2.45) is 0 Å². The van der Waals surface area contributed by atoms with Gasteiger partial charge in [0.25, 0.3) is 5.56 Å². The van der Waals surface area contributed by atoms with Gasteiger partial charge in [0.05, 0.1) is 0 Å². The summed E-state index contributed by atoms with van der Waals surface area (Å²) in [7, 11) is 0. The zero-order valence-corrected chi connectivity index (χ0v) is 12.4. The van der Waals surface area contributed by atoms with E-state index in [1.165, 1.54) is 4.57 Å². The Kier molecular flexibility index (Phi) is 4.42. The molecule has 1 N–H and O–H groups in total. The molecule has 0 aromatic carbocycles. The second-order valence-corrected chi connectivity index (χ2v) is 5.12. The zero-order valence-electron chi connectivity index (χ0n) is 12.4. The third-order valence-corrected chi connectivity index (χ3v) is 3.45. The van der Waals surface area contributed by atoms with Crippen LogP contribution < -0.4 is 11.2 Å². The quantitative estimate of drug-likeness (QED) is 0.875. The molecule has 0 aliphatic carbocycles. The fourth-order valence-corrected chi connectivity index (χ4v) is 2.31. The van der Waals surface area contributed by atoms with Gasteiger partial charge in [0.1, 0.15) is 11.3 Å². The number of aromatic amines is 1. The number of aromatic nitrogens is 4. The molecular formula is C14H22N4O2. The van der Waals surface area contributed by atoms with E-state index < -0.39 is 0 Å². The van der Waals surface area contributed by atoms with E-state index in [0.29, 0.717) is 30.1 Å². The van der Waals surface area contributed by atoms with Crippen LogP contribution in [0.3, 0.4) is 0 Å². The molecule has 0 aliphatic rings.